The first-order valence-corrected chi connectivity index (χ1v) is 11.6. The van der Waals surface area contributed by atoms with Gasteiger partial charge in [0.2, 0.25) is 11.8 Å². The molecule has 8 nitrogen and oxygen atoms in total. The minimum absolute atomic E-state index is 0.0251. The van der Waals surface area contributed by atoms with Gasteiger partial charge in [-0.2, -0.15) is 0 Å². The summed E-state index contributed by atoms with van der Waals surface area (Å²) in [5.74, 6) is -0.106. The fraction of sp³-hybridized carbons (Fsp3) is 0.583. The summed E-state index contributed by atoms with van der Waals surface area (Å²) < 4.78 is 0. The predicted octanol–water partition coefficient (Wildman–Crippen LogP) is 1.85. The molecule has 0 unspecified atom stereocenters. The van der Waals surface area contributed by atoms with E-state index in [0.29, 0.717) is 58.3 Å². The second-order valence-electron chi connectivity index (χ2n) is 9.16. The van der Waals surface area contributed by atoms with Crippen molar-refractivity contribution in [2.75, 3.05) is 26.2 Å². The van der Waals surface area contributed by atoms with E-state index in [1.165, 1.54) is 4.90 Å². The summed E-state index contributed by atoms with van der Waals surface area (Å²) in [5.41, 5.74) is 1.16. The monoisotopic (exact) mass is 440 g/mol. The third-order valence-electron chi connectivity index (χ3n) is 7.18. The van der Waals surface area contributed by atoms with Gasteiger partial charge < -0.3 is 15.1 Å². The van der Waals surface area contributed by atoms with Gasteiger partial charge in [0.25, 0.3) is 5.91 Å². The molecule has 1 aromatic rings. The van der Waals surface area contributed by atoms with Gasteiger partial charge in [-0.25, -0.2) is 4.79 Å². The summed E-state index contributed by atoms with van der Waals surface area (Å²) in [7, 11) is 0. The molecule has 3 saturated heterocycles. The van der Waals surface area contributed by atoms with Crippen LogP contribution in [0.1, 0.15) is 50.2 Å². The normalized spacial score (nSPS) is 22.9. The number of carbonyl (C=O) groups is 4. The van der Waals surface area contributed by atoms with Crippen LogP contribution in [0.5, 0.6) is 0 Å². The number of nitrogens with one attached hydrogen (secondary N) is 1. The molecule has 32 heavy (non-hydrogen) atoms. The number of amides is 5. The number of rotatable bonds is 4. The molecule has 1 spiro atoms. The molecule has 1 atom stereocenters. The second-order valence-corrected chi connectivity index (χ2v) is 9.16. The Bertz CT molecular complexity index is 922. The number of nitrogens with zero attached hydrogens (tertiary/aromatic N) is 3. The number of hydrogen-bond acceptors (Lipinski definition) is 4. The van der Waals surface area contributed by atoms with Crippen molar-refractivity contribution in [1.29, 1.82) is 0 Å². The molecule has 0 radical (unpaired) electrons. The van der Waals surface area contributed by atoms with Crippen molar-refractivity contribution in [2.24, 2.45) is 0 Å². The lowest BCUT2D eigenvalue weighted by Gasteiger charge is -2.39. The Hall–Kier alpha value is -2.90. The molecular formula is C24H32N4O4. The molecule has 0 saturated carbocycles. The molecule has 1 aromatic carbocycles. The number of benzene rings is 1. The quantitative estimate of drug-likeness (QED) is 0.724. The summed E-state index contributed by atoms with van der Waals surface area (Å²) in [6.07, 6.45) is 3.08. The van der Waals surface area contributed by atoms with Gasteiger partial charge in [-0.3, -0.25) is 19.3 Å². The molecule has 3 heterocycles. The molecule has 3 fully saturated rings. The van der Waals surface area contributed by atoms with Gasteiger partial charge in [0, 0.05) is 32.6 Å². The van der Waals surface area contributed by atoms with Crippen LogP contribution in [0.3, 0.4) is 0 Å². The summed E-state index contributed by atoms with van der Waals surface area (Å²) in [5, 5.41) is 2.93. The van der Waals surface area contributed by atoms with Crippen molar-refractivity contribution < 1.29 is 19.2 Å². The fourth-order valence-corrected chi connectivity index (χ4v) is 5.15. The van der Waals surface area contributed by atoms with Crippen molar-refractivity contribution >= 4 is 23.8 Å². The minimum atomic E-state index is -0.922. The van der Waals surface area contributed by atoms with E-state index in [0.717, 1.165) is 17.5 Å². The van der Waals surface area contributed by atoms with Crippen LogP contribution >= 0.6 is 0 Å². The van der Waals surface area contributed by atoms with E-state index >= 15 is 0 Å². The zero-order chi connectivity index (χ0) is 22.9. The van der Waals surface area contributed by atoms with Gasteiger partial charge in [0.15, 0.2) is 0 Å². The summed E-state index contributed by atoms with van der Waals surface area (Å²) in [4.78, 5) is 56.1. The Kier molecular flexibility index (Phi) is 6.22. The Morgan fingerprint density at radius 1 is 1.06 bits per heavy atom. The number of carbonyl (C=O) groups excluding carboxylic acids is 4. The maximum Gasteiger partial charge on any atom is 0.325 e. The maximum absolute atomic E-state index is 13.4. The number of hydrogen-bond donors (Lipinski definition) is 1. The van der Waals surface area contributed by atoms with Crippen molar-refractivity contribution in [2.45, 2.75) is 64.0 Å². The molecule has 3 aliphatic rings. The van der Waals surface area contributed by atoms with Gasteiger partial charge in [-0.05, 0) is 43.7 Å². The Balaban J connectivity index is 1.42. The van der Waals surface area contributed by atoms with E-state index in [1.54, 1.807) is 9.80 Å². The van der Waals surface area contributed by atoms with Crippen LogP contribution in [-0.4, -0.2) is 76.2 Å². The van der Waals surface area contributed by atoms with Crippen LogP contribution < -0.4 is 5.32 Å². The topological polar surface area (TPSA) is 90.0 Å². The highest BCUT2D eigenvalue weighted by molar-refractivity contribution is 6.07. The van der Waals surface area contributed by atoms with Crippen LogP contribution in [0.4, 0.5) is 4.79 Å². The molecule has 0 bridgehead atoms. The average molecular weight is 441 g/mol. The molecule has 0 aliphatic carbocycles. The van der Waals surface area contributed by atoms with E-state index in [2.05, 4.69) is 5.32 Å². The summed E-state index contributed by atoms with van der Waals surface area (Å²) >= 11 is 0. The standard InChI is InChI=1S/C24H32N4O4/c1-3-20(29)26-13-10-24(11-14-26)22(31)28(23(32)25-24)19-9-6-12-27(16-19)21(30)15-18-8-5-4-7-17(18)2/h4-5,7-8,19H,3,6,9-16H2,1-2H3,(H,25,32)/t19-/m0/s1. The van der Waals surface area contributed by atoms with E-state index in [9.17, 15) is 19.2 Å². The average Bonchev–Trinajstić information content (AvgIpc) is 3.04. The predicted molar refractivity (Wildman–Crippen MR) is 119 cm³/mol. The Labute approximate surface area is 188 Å². The number of likely N-dealkylation sites (tertiary alicyclic amines) is 2. The third kappa shape index (κ3) is 4.10. The van der Waals surface area contributed by atoms with Gasteiger partial charge >= 0.3 is 6.03 Å². The lowest BCUT2D eigenvalue weighted by molar-refractivity contribution is -0.141. The van der Waals surface area contributed by atoms with Gasteiger partial charge in [0.1, 0.15) is 5.54 Å². The highest BCUT2D eigenvalue weighted by atomic mass is 16.2. The first-order chi connectivity index (χ1) is 15.3. The molecule has 8 heteroatoms. The smallest absolute Gasteiger partial charge is 0.325 e. The molecule has 0 aromatic heterocycles. The molecule has 1 N–H and O–H groups in total. The largest absolute Gasteiger partial charge is 0.343 e. The van der Waals surface area contributed by atoms with Crippen LogP contribution in [-0.2, 0) is 20.8 Å². The van der Waals surface area contributed by atoms with Gasteiger partial charge in [-0.15, -0.1) is 0 Å². The van der Waals surface area contributed by atoms with Crippen LogP contribution in [0, 0.1) is 6.92 Å². The number of urea groups is 1. The van der Waals surface area contributed by atoms with E-state index < -0.39 is 5.54 Å². The van der Waals surface area contributed by atoms with E-state index in [4.69, 9.17) is 0 Å². The first kappa shape index (κ1) is 22.3. The molecule has 4 rings (SSSR count). The van der Waals surface area contributed by atoms with Crippen molar-refractivity contribution in [1.82, 2.24) is 20.0 Å². The molecular weight excluding hydrogens is 408 g/mol. The highest BCUT2D eigenvalue weighted by Gasteiger charge is 2.54. The Morgan fingerprint density at radius 3 is 2.47 bits per heavy atom. The van der Waals surface area contributed by atoms with Crippen molar-refractivity contribution in [3.05, 3.63) is 35.4 Å². The third-order valence-corrected chi connectivity index (χ3v) is 7.18. The zero-order valence-electron chi connectivity index (χ0n) is 18.9. The number of imide groups is 1. The lowest BCUT2D eigenvalue weighted by atomic mass is 9.87. The summed E-state index contributed by atoms with van der Waals surface area (Å²) in [6.45, 7) is 5.78. The Morgan fingerprint density at radius 2 is 1.78 bits per heavy atom. The SMILES string of the molecule is CCC(=O)N1CCC2(CC1)NC(=O)N([C@H]1CCCN(C(=O)Cc3ccccc3C)C1)C2=O. The molecule has 3 aliphatic heterocycles. The molecule has 5 amide bonds. The highest BCUT2D eigenvalue weighted by Crippen LogP contribution is 2.32. The number of aryl methyl sites for hydroxylation is 1. The minimum Gasteiger partial charge on any atom is -0.343 e. The van der Waals surface area contributed by atoms with E-state index in [-0.39, 0.29) is 29.8 Å². The van der Waals surface area contributed by atoms with E-state index in [1.807, 2.05) is 38.1 Å². The maximum atomic E-state index is 13.4. The van der Waals surface area contributed by atoms with Gasteiger partial charge in [-0.1, -0.05) is 31.2 Å². The first-order valence-electron chi connectivity index (χ1n) is 11.6. The fourth-order valence-electron chi connectivity index (χ4n) is 5.15. The number of piperidine rings is 2. The zero-order valence-corrected chi connectivity index (χ0v) is 18.9. The van der Waals surface area contributed by atoms with Crippen LogP contribution in [0.25, 0.3) is 0 Å². The molecule has 172 valence electrons. The lowest BCUT2D eigenvalue weighted by Crippen LogP contribution is -2.57. The van der Waals surface area contributed by atoms with Gasteiger partial charge in [0.05, 0.1) is 12.5 Å². The summed E-state index contributed by atoms with van der Waals surface area (Å²) in [6, 6.07) is 7.16. The van der Waals surface area contributed by atoms with Crippen molar-refractivity contribution in [3.8, 4) is 0 Å². The second kappa shape index (κ2) is 8.92. The van der Waals surface area contributed by atoms with Crippen LogP contribution in [0.15, 0.2) is 24.3 Å². The van der Waals surface area contributed by atoms with Crippen LogP contribution in [0.2, 0.25) is 0 Å². The van der Waals surface area contributed by atoms with Crippen molar-refractivity contribution in [3.63, 3.8) is 0 Å².